The molecule has 2 heterocycles. The zero-order valence-electron chi connectivity index (χ0n) is 12.8. The second-order valence-electron chi connectivity index (χ2n) is 5.31. The lowest BCUT2D eigenvalue weighted by atomic mass is 10.2. The molecule has 0 unspecified atom stereocenters. The average Bonchev–Trinajstić information content (AvgIpc) is 2.96. The van der Waals surface area contributed by atoms with Gasteiger partial charge in [0, 0.05) is 19.6 Å². The summed E-state index contributed by atoms with van der Waals surface area (Å²) in [5.74, 6) is 0.0341. The lowest BCUT2D eigenvalue weighted by Crippen LogP contribution is -2.44. The van der Waals surface area contributed by atoms with Crippen LogP contribution in [0.5, 0.6) is 0 Å². The van der Waals surface area contributed by atoms with E-state index in [1.54, 1.807) is 18.9 Å². The van der Waals surface area contributed by atoms with E-state index in [-0.39, 0.29) is 29.1 Å². The standard InChI is InChI=1S/C12H20N4O4S2/c1-4-16(9-5-6-22(19,20)7-9)10(17)8(2)21-12-14-13-11(18)15(12)3/h8-9H,4-7H2,1-3H3,(H,13,18)/t8-,9-/m0/s1. The van der Waals surface area contributed by atoms with Crippen LogP contribution in [-0.2, 0) is 21.7 Å². The molecule has 0 spiro atoms. The molecule has 2 atom stereocenters. The SMILES string of the molecule is CCN(C(=O)[C@H](C)Sc1n[nH]c(=O)n1C)[C@H]1CCS(=O)(=O)C1. The predicted molar refractivity (Wildman–Crippen MR) is 83.6 cm³/mol. The van der Waals surface area contributed by atoms with Gasteiger partial charge >= 0.3 is 5.69 Å². The summed E-state index contributed by atoms with van der Waals surface area (Å²) in [5.41, 5.74) is -0.337. The fraction of sp³-hybridized carbons (Fsp3) is 0.750. The summed E-state index contributed by atoms with van der Waals surface area (Å²) >= 11 is 1.18. The zero-order chi connectivity index (χ0) is 16.5. The molecular weight excluding hydrogens is 328 g/mol. The van der Waals surface area contributed by atoms with Crippen LogP contribution in [0.25, 0.3) is 0 Å². The first-order valence-corrected chi connectivity index (χ1v) is 9.74. The molecule has 10 heteroatoms. The lowest BCUT2D eigenvalue weighted by Gasteiger charge is -2.29. The Morgan fingerprint density at radius 3 is 2.73 bits per heavy atom. The van der Waals surface area contributed by atoms with Crippen molar-refractivity contribution < 1.29 is 13.2 Å². The van der Waals surface area contributed by atoms with E-state index in [0.717, 1.165) is 0 Å². The fourth-order valence-electron chi connectivity index (χ4n) is 2.50. The summed E-state index contributed by atoms with van der Waals surface area (Å²) in [5, 5.41) is 6.17. The van der Waals surface area contributed by atoms with Crippen molar-refractivity contribution in [2.75, 3.05) is 18.1 Å². The highest BCUT2D eigenvalue weighted by Crippen LogP contribution is 2.24. The number of nitrogens with one attached hydrogen (secondary N) is 1. The number of hydrogen-bond acceptors (Lipinski definition) is 6. The molecule has 1 N–H and O–H groups in total. The number of nitrogens with zero attached hydrogens (tertiary/aromatic N) is 3. The molecule has 1 aliphatic rings. The van der Waals surface area contributed by atoms with Crippen LogP contribution in [0.15, 0.2) is 9.95 Å². The van der Waals surface area contributed by atoms with Crippen LogP contribution < -0.4 is 5.69 Å². The van der Waals surface area contributed by atoms with Gasteiger partial charge < -0.3 is 4.90 Å². The van der Waals surface area contributed by atoms with Crippen molar-refractivity contribution in [3.05, 3.63) is 10.5 Å². The molecular formula is C12H20N4O4S2. The topological polar surface area (TPSA) is 105 Å². The van der Waals surface area contributed by atoms with Crippen molar-refractivity contribution in [1.82, 2.24) is 19.7 Å². The van der Waals surface area contributed by atoms with Crippen molar-refractivity contribution in [2.45, 2.75) is 36.7 Å². The molecule has 124 valence electrons. The third-order valence-electron chi connectivity index (χ3n) is 3.74. The van der Waals surface area contributed by atoms with Crippen LogP contribution in [0.1, 0.15) is 20.3 Å². The fourth-order valence-corrected chi connectivity index (χ4v) is 5.12. The number of H-pyrrole nitrogens is 1. The summed E-state index contributed by atoms with van der Waals surface area (Å²) in [7, 11) is -1.46. The van der Waals surface area contributed by atoms with Gasteiger partial charge in [0.15, 0.2) is 15.0 Å². The normalized spacial score (nSPS) is 21.7. The molecule has 2 rings (SSSR count). The number of carbonyl (C=O) groups is 1. The van der Waals surface area contributed by atoms with E-state index >= 15 is 0 Å². The second kappa shape index (κ2) is 6.45. The largest absolute Gasteiger partial charge is 0.343 e. The molecule has 1 aromatic heterocycles. The number of carbonyl (C=O) groups excluding carboxylic acids is 1. The molecule has 0 aliphatic carbocycles. The molecule has 1 amide bonds. The number of amides is 1. The molecule has 0 aromatic carbocycles. The van der Waals surface area contributed by atoms with Gasteiger partial charge in [0.1, 0.15) is 0 Å². The number of aromatic amines is 1. The van der Waals surface area contributed by atoms with Crippen molar-refractivity contribution in [2.24, 2.45) is 7.05 Å². The van der Waals surface area contributed by atoms with Gasteiger partial charge in [-0.25, -0.2) is 18.3 Å². The van der Waals surface area contributed by atoms with Crippen LogP contribution in [0.2, 0.25) is 0 Å². The number of sulfone groups is 1. The molecule has 22 heavy (non-hydrogen) atoms. The smallest absolute Gasteiger partial charge is 0.338 e. The first-order valence-electron chi connectivity index (χ1n) is 7.04. The molecule has 1 aromatic rings. The quantitative estimate of drug-likeness (QED) is 0.728. The van der Waals surface area contributed by atoms with E-state index in [9.17, 15) is 18.0 Å². The van der Waals surface area contributed by atoms with Crippen LogP contribution in [0.3, 0.4) is 0 Å². The highest BCUT2D eigenvalue weighted by molar-refractivity contribution is 8.00. The maximum absolute atomic E-state index is 12.6. The Kier molecular flexibility index (Phi) is 5.00. The van der Waals surface area contributed by atoms with Gasteiger partial charge in [0.05, 0.1) is 16.8 Å². The van der Waals surface area contributed by atoms with Crippen molar-refractivity contribution >= 4 is 27.5 Å². The first-order chi connectivity index (χ1) is 10.2. The van der Waals surface area contributed by atoms with Gasteiger partial charge in [-0.15, -0.1) is 5.10 Å². The minimum Gasteiger partial charge on any atom is -0.338 e. The summed E-state index contributed by atoms with van der Waals surface area (Å²) < 4.78 is 24.5. The summed E-state index contributed by atoms with van der Waals surface area (Å²) in [6, 6.07) is -0.256. The Balaban J connectivity index is 2.08. The van der Waals surface area contributed by atoms with Gasteiger partial charge in [-0.3, -0.25) is 9.36 Å². The Hall–Kier alpha value is -1.29. The van der Waals surface area contributed by atoms with E-state index in [2.05, 4.69) is 10.2 Å². The van der Waals surface area contributed by atoms with E-state index in [0.29, 0.717) is 18.1 Å². The Morgan fingerprint density at radius 2 is 2.27 bits per heavy atom. The Morgan fingerprint density at radius 1 is 1.59 bits per heavy atom. The Labute approximate surface area is 133 Å². The second-order valence-corrected chi connectivity index (χ2v) is 8.85. The van der Waals surface area contributed by atoms with E-state index < -0.39 is 15.1 Å². The Bertz CT molecular complexity index is 709. The van der Waals surface area contributed by atoms with Crippen LogP contribution >= 0.6 is 11.8 Å². The van der Waals surface area contributed by atoms with Gasteiger partial charge in [-0.1, -0.05) is 11.8 Å². The van der Waals surface area contributed by atoms with E-state index in [4.69, 9.17) is 0 Å². The van der Waals surface area contributed by atoms with Gasteiger partial charge in [0.2, 0.25) is 5.91 Å². The van der Waals surface area contributed by atoms with Crippen molar-refractivity contribution in [3.63, 3.8) is 0 Å². The predicted octanol–water partition coefficient (Wildman–Crippen LogP) is -0.375. The summed E-state index contributed by atoms with van der Waals surface area (Å²) in [4.78, 5) is 25.5. The lowest BCUT2D eigenvalue weighted by molar-refractivity contribution is -0.131. The zero-order valence-corrected chi connectivity index (χ0v) is 14.4. The molecule has 0 saturated carbocycles. The minimum atomic E-state index is -3.04. The van der Waals surface area contributed by atoms with E-state index in [1.807, 2.05) is 6.92 Å². The number of aromatic nitrogens is 3. The molecule has 0 bridgehead atoms. The van der Waals surface area contributed by atoms with Crippen LogP contribution in [0, 0.1) is 0 Å². The summed E-state index contributed by atoms with van der Waals surface area (Å²) in [6.45, 7) is 4.03. The number of rotatable bonds is 5. The first kappa shape index (κ1) is 17.1. The van der Waals surface area contributed by atoms with Gasteiger partial charge in [-0.2, -0.15) is 0 Å². The third kappa shape index (κ3) is 3.54. The van der Waals surface area contributed by atoms with Crippen molar-refractivity contribution in [1.29, 1.82) is 0 Å². The van der Waals surface area contributed by atoms with Gasteiger partial charge in [0.25, 0.3) is 0 Å². The molecule has 1 fully saturated rings. The van der Waals surface area contributed by atoms with Crippen LogP contribution in [0.4, 0.5) is 0 Å². The van der Waals surface area contributed by atoms with Crippen LogP contribution in [-0.4, -0.2) is 63.3 Å². The van der Waals surface area contributed by atoms with Crippen molar-refractivity contribution in [3.8, 4) is 0 Å². The number of hydrogen-bond donors (Lipinski definition) is 1. The maximum Gasteiger partial charge on any atom is 0.343 e. The third-order valence-corrected chi connectivity index (χ3v) is 6.62. The monoisotopic (exact) mass is 348 g/mol. The number of thioether (sulfide) groups is 1. The summed E-state index contributed by atoms with van der Waals surface area (Å²) in [6.07, 6.45) is 0.486. The molecule has 0 radical (unpaired) electrons. The molecule has 1 saturated heterocycles. The van der Waals surface area contributed by atoms with E-state index in [1.165, 1.54) is 16.3 Å². The highest BCUT2D eigenvalue weighted by Gasteiger charge is 2.35. The molecule has 1 aliphatic heterocycles. The minimum absolute atomic E-state index is 0.0326. The average molecular weight is 348 g/mol. The maximum atomic E-state index is 12.6. The van der Waals surface area contributed by atoms with Gasteiger partial charge in [-0.05, 0) is 20.3 Å². The highest BCUT2D eigenvalue weighted by atomic mass is 32.2. The molecule has 8 nitrogen and oxygen atoms in total.